The van der Waals surface area contributed by atoms with Crippen LogP contribution in [0.5, 0.6) is 5.75 Å². The third-order valence-corrected chi connectivity index (χ3v) is 5.33. The van der Waals surface area contributed by atoms with Crippen LogP contribution < -0.4 is 10.5 Å². The van der Waals surface area contributed by atoms with Gasteiger partial charge in [-0.05, 0) is 49.2 Å². The van der Waals surface area contributed by atoms with Crippen molar-refractivity contribution in [2.45, 2.75) is 19.4 Å². The average molecular weight is 389 g/mol. The third kappa shape index (κ3) is 4.37. The van der Waals surface area contributed by atoms with E-state index in [9.17, 15) is 9.59 Å². The zero-order chi connectivity index (χ0) is 20.2. The van der Waals surface area contributed by atoms with E-state index in [2.05, 4.69) is 4.98 Å². The number of hydrogen-bond acceptors (Lipinski definition) is 4. The summed E-state index contributed by atoms with van der Waals surface area (Å²) in [5.74, 6) is 0.248. The van der Waals surface area contributed by atoms with Gasteiger partial charge < -0.3 is 15.4 Å². The molecule has 0 atom stereocenters. The highest BCUT2D eigenvalue weighted by molar-refractivity contribution is 5.94. The number of piperidine rings is 1. The van der Waals surface area contributed by atoms with Crippen LogP contribution in [0.15, 0.2) is 60.7 Å². The number of pyridine rings is 1. The van der Waals surface area contributed by atoms with E-state index in [-0.39, 0.29) is 17.7 Å². The number of amides is 2. The van der Waals surface area contributed by atoms with E-state index in [1.165, 1.54) is 0 Å². The molecule has 6 nitrogen and oxygen atoms in total. The zero-order valence-electron chi connectivity index (χ0n) is 16.1. The molecule has 1 saturated heterocycles. The summed E-state index contributed by atoms with van der Waals surface area (Å²) in [5.41, 5.74) is 7.75. The fraction of sp³-hybridized carbons (Fsp3) is 0.261. The Balaban J connectivity index is 1.35. The van der Waals surface area contributed by atoms with Crippen LogP contribution in [0, 0.1) is 5.92 Å². The molecule has 0 saturated carbocycles. The maximum atomic E-state index is 12.7. The normalized spacial score (nSPS) is 14.7. The van der Waals surface area contributed by atoms with E-state index < -0.39 is 0 Å². The molecule has 4 rings (SSSR count). The van der Waals surface area contributed by atoms with E-state index in [0.717, 1.165) is 16.6 Å². The van der Waals surface area contributed by atoms with Gasteiger partial charge in [0.2, 0.25) is 5.91 Å². The molecule has 0 unspecified atom stereocenters. The Morgan fingerprint density at radius 2 is 1.72 bits per heavy atom. The number of nitrogens with zero attached hydrogens (tertiary/aromatic N) is 2. The molecular formula is C23H23N3O3. The van der Waals surface area contributed by atoms with Gasteiger partial charge in [-0.1, -0.05) is 24.3 Å². The first kappa shape index (κ1) is 18.9. The highest BCUT2D eigenvalue weighted by Crippen LogP contribution is 2.21. The SMILES string of the molecule is NC(=O)C1CCN(C(=O)c2ccc(OCc3ccc4ccccc4n3)cc2)CC1. The summed E-state index contributed by atoms with van der Waals surface area (Å²) < 4.78 is 5.82. The molecule has 29 heavy (non-hydrogen) atoms. The number of rotatable bonds is 5. The Kier molecular flexibility index (Phi) is 5.42. The van der Waals surface area contributed by atoms with Crippen LogP contribution in [0.25, 0.3) is 10.9 Å². The van der Waals surface area contributed by atoms with Gasteiger partial charge in [0, 0.05) is 30.0 Å². The Labute approximate surface area is 169 Å². The lowest BCUT2D eigenvalue weighted by molar-refractivity contribution is -0.123. The van der Waals surface area contributed by atoms with Gasteiger partial charge in [-0.2, -0.15) is 0 Å². The maximum absolute atomic E-state index is 12.7. The topological polar surface area (TPSA) is 85.5 Å². The van der Waals surface area contributed by atoms with Gasteiger partial charge in [0.15, 0.2) is 0 Å². The Morgan fingerprint density at radius 1 is 1.00 bits per heavy atom. The Hall–Kier alpha value is -3.41. The molecule has 0 radical (unpaired) electrons. The van der Waals surface area contributed by atoms with Crippen LogP contribution in [-0.2, 0) is 11.4 Å². The molecular weight excluding hydrogens is 366 g/mol. The summed E-state index contributed by atoms with van der Waals surface area (Å²) in [5, 5.41) is 1.10. The molecule has 6 heteroatoms. The molecule has 3 aromatic rings. The number of hydrogen-bond donors (Lipinski definition) is 1. The van der Waals surface area contributed by atoms with Crippen molar-refractivity contribution in [3.8, 4) is 5.75 Å². The first-order valence-corrected chi connectivity index (χ1v) is 9.76. The molecule has 0 spiro atoms. The predicted octanol–water partition coefficient (Wildman–Crippen LogP) is 3.15. The summed E-state index contributed by atoms with van der Waals surface area (Å²) in [7, 11) is 0. The molecule has 0 aliphatic carbocycles. The van der Waals surface area contributed by atoms with Crippen molar-refractivity contribution >= 4 is 22.7 Å². The standard InChI is InChI=1S/C23H23N3O3/c24-22(27)17-11-13-26(14-12-17)23(28)18-6-9-20(10-7-18)29-15-19-8-5-16-3-1-2-4-21(16)25-19/h1-10,17H,11-15H2,(H2,24,27). The van der Waals surface area contributed by atoms with Crippen molar-refractivity contribution in [2.24, 2.45) is 11.7 Å². The lowest BCUT2D eigenvalue weighted by atomic mass is 9.96. The van der Waals surface area contributed by atoms with Gasteiger partial charge >= 0.3 is 0 Å². The lowest BCUT2D eigenvalue weighted by Gasteiger charge is -2.30. The second-order valence-corrected chi connectivity index (χ2v) is 7.28. The number of primary amides is 1. The molecule has 0 bridgehead atoms. The van der Waals surface area contributed by atoms with E-state index in [1.807, 2.05) is 36.4 Å². The average Bonchev–Trinajstić information content (AvgIpc) is 2.77. The Bertz CT molecular complexity index is 1020. The number of likely N-dealkylation sites (tertiary alicyclic amines) is 1. The van der Waals surface area contributed by atoms with E-state index >= 15 is 0 Å². The number of carbonyl (C=O) groups is 2. The Morgan fingerprint density at radius 3 is 2.45 bits per heavy atom. The number of fused-ring (bicyclic) bond motifs is 1. The minimum Gasteiger partial charge on any atom is -0.487 e. The largest absolute Gasteiger partial charge is 0.487 e. The van der Waals surface area contributed by atoms with E-state index in [4.69, 9.17) is 10.5 Å². The van der Waals surface area contributed by atoms with Gasteiger partial charge in [-0.15, -0.1) is 0 Å². The smallest absolute Gasteiger partial charge is 0.253 e. The van der Waals surface area contributed by atoms with Crippen molar-refractivity contribution in [2.75, 3.05) is 13.1 Å². The number of aromatic nitrogens is 1. The van der Waals surface area contributed by atoms with Crippen molar-refractivity contribution in [1.29, 1.82) is 0 Å². The zero-order valence-corrected chi connectivity index (χ0v) is 16.1. The number of benzene rings is 2. The van der Waals surface area contributed by atoms with Crippen LogP contribution in [0.3, 0.4) is 0 Å². The van der Waals surface area contributed by atoms with Gasteiger partial charge in [-0.3, -0.25) is 9.59 Å². The summed E-state index contributed by atoms with van der Waals surface area (Å²) in [6.45, 7) is 1.47. The van der Waals surface area contributed by atoms with Crippen LogP contribution in [0.1, 0.15) is 28.9 Å². The predicted molar refractivity (Wildman–Crippen MR) is 110 cm³/mol. The van der Waals surface area contributed by atoms with Crippen LogP contribution in [-0.4, -0.2) is 34.8 Å². The first-order chi connectivity index (χ1) is 14.1. The highest BCUT2D eigenvalue weighted by Gasteiger charge is 2.26. The van der Waals surface area contributed by atoms with Crippen LogP contribution in [0.4, 0.5) is 0 Å². The van der Waals surface area contributed by atoms with Crippen molar-refractivity contribution < 1.29 is 14.3 Å². The van der Waals surface area contributed by atoms with Gasteiger partial charge in [0.25, 0.3) is 5.91 Å². The molecule has 148 valence electrons. The minimum absolute atomic E-state index is 0.0318. The number of para-hydroxylation sites is 1. The minimum atomic E-state index is -0.278. The fourth-order valence-electron chi connectivity index (χ4n) is 3.59. The molecule has 1 aliphatic rings. The maximum Gasteiger partial charge on any atom is 0.253 e. The summed E-state index contributed by atoms with van der Waals surface area (Å²) in [4.78, 5) is 30.3. The summed E-state index contributed by atoms with van der Waals surface area (Å²) >= 11 is 0. The number of carbonyl (C=O) groups excluding carboxylic acids is 2. The van der Waals surface area contributed by atoms with Crippen LogP contribution >= 0.6 is 0 Å². The van der Waals surface area contributed by atoms with Crippen molar-refractivity contribution in [3.63, 3.8) is 0 Å². The van der Waals surface area contributed by atoms with Gasteiger partial charge in [-0.25, -0.2) is 4.98 Å². The fourth-order valence-corrected chi connectivity index (χ4v) is 3.59. The summed E-state index contributed by atoms with van der Waals surface area (Å²) in [6.07, 6.45) is 1.25. The number of nitrogens with two attached hydrogens (primary N) is 1. The molecule has 2 aromatic carbocycles. The summed E-state index contributed by atoms with van der Waals surface area (Å²) in [6, 6.07) is 19.1. The van der Waals surface area contributed by atoms with Gasteiger partial charge in [0.1, 0.15) is 12.4 Å². The first-order valence-electron chi connectivity index (χ1n) is 9.76. The van der Waals surface area contributed by atoms with E-state index in [1.54, 1.807) is 29.2 Å². The molecule has 2 N–H and O–H groups in total. The molecule has 1 aromatic heterocycles. The molecule has 2 amide bonds. The molecule has 1 aliphatic heterocycles. The second kappa shape index (κ2) is 8.31. The van der Waals surface area contributed by atoms with Crippen LogP contribution in [0.2, 0.25) is 0 Å². The van der Waals surface area contributed by atoms with Crippen molar-refractivity contribution in [3.05, 3.63) is 71.9 Å². The monoisotopic (exact) mass is 389 g/mol. The van der Waals surface area contributed by atoms with Crippen molar-refractivity contribution in [1.82, 2.24) is 9.88 Å². The lowest BCUT2D eigenvalue weighted by Crippen LogP contribution is -2.41. The second-order valence-electron chi connectivity index (χ2n) is 7.28. The number of ether oxygens (including phenoxy) is 1. The highest BCUT2D eigenvalue weighted by atomic mass is 16.5. The van der Waals surface area contributed by atoms with E-state index in [0.29, 0.717) is 43.9 Å². The molecule has 2 heterocycles. The third-order valence-electron chi connectivity index (χ3n) is 5.33. The molecule has 1 fully saturated rings. The quantitative estimate of drug-likeness (QED) is 0.726. The van der Waals surface area contributed by atoms with Gasteiger partial charge in [0.05, 0.1) is 11.2 Å².